The molecule has 1 amide bonds. The Balaban J connectivity index is 1.96. The van der Waals surface area contributed by atoms with E-state index in [0.29, 0.717) is 18.4 Å². The Kier molecular flexibility index (Phi) is 5.80. The van der Waals surface area contributed by atoms with E-state index in [9.17, 15) is 4.79 Å². The van der Waals surface area contributed by atoms with Crippen LogP contribution in [0.3, 0.4) is 0 Å². The summed E-state index contributed by atoms with van der Waals surface area (Å²) in [5.41, 5.74) is 6.98. The molecule has 3 nitrogen and oxygen atoms in total. The number of amides is 1. The molecule has 1 aromatic rings. The van der Waals surface area contributed by atoms with E-state index in [4.69, 9.17) is 5.73 Å². The molecular formula is C18H28N2O. The van der Waals surface area contributed by atoms with E-state index < -0.39 is 0 Å². The smallest absolute Gasteiger partial charge is 0.223 e. The van der Waals surface area contributed by atoms with Gasteiger partial charge in [-0.25, -0.2) is 0 Å². The topological polar surface area (TPSA) is 46.3 Å². The van der Waals surface area contributed by atoms with Gasteiger partial charge in [-0.2, -0.15) is 0 Å². The molecule has 116 valence electrons. The first-order valence-corrected chi connectivity index (χ1v) is 8.17. The summed E-state index contributed by atoms with van der Waals surface area (Å²) in [6, 6.07) is 10.8. The molecule has 2 unspecified atom stereocenters. The van der Waals surface area contributed by atoms with Crippen molar-refractivity contribution in [2.45, 2.75) is 64.6 Å². The lowest BCUT2D eigenvalue weighted by molar-refractivity contribution is -0.134. The van der Waals surface area contributed by atoms with Crippen molar-refractivity contribution in [1.29, 1.82) is 0 Å². The van der Waals surface area contributed by atoms with Crippen molar-refractivity contribution in [3.05, 3.63) is 35.9 Å². The number of hydrogen-bond acceptors (Lipinski definition) is 2. The summed E-state index contributed by atoms with van der Waals surface area (Å²) in [6.45, 7) is 4.93. The van der Waals surface area contributed by atoms with Crippen molar-refractivity contribution in [2.75, 3.05) is 0 Å². The highest BCUT2D eigenvalue weighted by Gasteiger charge is 2.33. The third-order valence-electron chi connectivity index (χ3n) is 4.36. The molecule has 0 aliphatic heterocycles. The maximum Gasteiger partial charge on any atom is 0.223 e. The quantitative estimate of drug-likeness (QED) is 0.797. The van der Waals surface area contributed by atoms with E-state index in [0.717, 1.165) is 19.4 Å². The average molecular weight is 288 g/mol. The zero-order chi connectivity index (χ0) is 15.2. The van der Waals surface area contributed by atoms with Crippen LogP contribution in [0.1, 0.15) is 51.5 Å². The molecule has 1 aliphatic rings. The fourth-order valence-electron chi connectivity index (χ4n) is 2.79. The second kappa shape index (κ2) is 7.60. The Hall–Kier alpha value is -1.35. The maximum atomic E-state index is 12.6. The van der Waals surface area contributed by atoms with Gasteiger partial charge >= 0.3 is 0 Å². The van der Waals surface area contributed by atoms with E-state index in [1.807, 2.05) is 25.1 Å². The SMILES string of the molecule is CC(N)CCCC(=O)N(Cc1ccccc1)C(C)C1CC1. The van der Waals surface area contributed by atoms with Gasteiger partial charge in [0.25, 0.3) is 0 Å². The summed E-state index contributed by atoms with van der Waals surface area (Å²) >= 11 is 0. The van der Waals surface area contributed by atoms with Gasteiger partial charge in [0.1, 0.15) is 0 Å². The fourth-order valence-corrected chi connectivity index (χ4v) is 2.79. The third-order valence-corrected chi connectivity index (χ3v) is 4.36. The lowest BCUT2D eigenvalue weighted by Gasteiger charge is -2.30. The number of nitrogens with two attached hydrogens (primary N) is 1. The van der Waals surface area contributed by atoms with Crippen molar-refractivity contribution < 1.29 is 4.79 Å². The average Bonchev–Trinajstić information content (AvgIpc) is 3.29. The molecule has 0 spiro atoms. The first-order chi connectivity index (χ1) is 10.1. The van der Waals surface area contributed by atoms with Gasteiger partial charge in [0, 0.05) is 25.0 Å². The zero-order valence-corrected chi connectivity index (χ0v) is 13.3. The van der Waals surface area contributed by atoms with Crippen LogP contribution < -0.4 is 5.73 Å². The molecule has 3 heteroatoms. The molecule has 1 saturated carbocycles. The van der Waals surface area contributed by atoms with Crippen molar-refractivity contribution in [2.24, 2.45) is 11.7 Å². The van der Waals surface area contributed by atoms with Crippen LogP contribution in [-0.2, 0) is 11.3 Å². The molecule has 2 atom stereocenters. The highest BCUT2D eigenvalue weighted by atomic mass is 16.2. The molecule has 21 heavy (non-hydrogen) atoms. The molecule has 0 aromatic heterocycles. The lowest BCUT2D eigenvalue weighted by Crippen LogP contribution is -2.39. The normalized spacial score (nSPS) is 17.3. The zero-order valence-electron chi connectivity index (χ0n) is 13.3. The van der Waals surface area contributed by atoms with Crippen LogP contribution in [-0.4, -0.2) is 22.9 Å². The van der Waals surface area contributed by atoms with Gasteiger partial charge < -0.3 is 10.6 Å². The third kappa shape index (κ3) is 5.16. The second-order valence-electron chi connectivity index (χ2n) is 6.45. The van der Waals surface area contributed by atoms with Crippen LogP contribution in [0, 0.1) is 5.92 Å². The van der Waals surface area contributed by atoms with Crippen LogP contribution in [0.5, 0.6) is 0 Å². The standard InChI is InChI=1S/C18H28N2O/c1-14(19)7-6-10-18(21)20(15(2)17-11-12-17)13-16-8-4-3-5-9-16/h3-5,8-9,14-15,17H,6-7,10-13,19H2,1-2H3. The van der Waals surface area contributed by atoms with Gasteiger partial charge in [0.15, 0.2) is 0 Å². The number of benzene rings is 1. The second-order valence-corrected chi connectivity index (χ2v) is 6.45. The molecule has 1 fully saturated rings. The Bertz CT molecular complexity index is 440. The number of rotatable bonds is 8. The van der Waals surface area contributed by atoms with E-state index in [1.54, 1.807) is 0 Å². The van der Waals surface area contributed by atoms with Crippen molar-refractivity contribution in [3.8, 4) is 0 Å². The Labute approximate surface area is 128 Å². The Morgan fingerprint density at radius 1 is 1.29 bits per heavy atom. The van der Waals surface area contributed by atoms with E-state index in [2.05, 4.69) is 24.0 Å². The predicted octanol–water partition coefficient (Wildman–Crippen LogP) is 3.33. The van der Waals surface area contributed by atoms with Crippen molar-refractivity contribution in [1.82, 2.24) is 4.90 Å². The number of carbonyl (C=O) groups excluding carboxylic acids is 1. The first kappa shape index (κ1) is 16.0. The minimum Gasteiger partial charge on any atom is -0.335 e. The number of hydrogen-bond donors (Lipinski definition) is 1. The molecule has 0 bridgehead atoms. The molecule has 1 aliphatic carbocycles. The van der Waals surface area contributed by atoms with Crippen molar-refractivity contribution in [3.63, 3.8) is 0 Å². The van der Waals surface area contributed by atoms with Crippen LogP contribution in [0.4, 0.5) is 0 Å². The minimum atomic E-state index is 0.182. The van der Waals surface area contributed by atoms with E-state index >= 15 is 0 Å². The number of carbonyl (C=O) groups is 1. The van der Waals surface area contributed by atoms with E-state index in [-0.39, 0.29) is 11.9 Å². The van der Waals surface area contributed by atoms with Gasteiger partial charge in [-0.05, 0) is 51.0 Å². The molecular weight excluding hydrogens is 260 g/mol. The monoisotopic (exact) mass is 288 g/mol. The summed E-state index contributed by atoms with van der Waals surface area (Å²) in [5, 5.41) is 0. The largest absolute Gasteiger partial charge is 0.335 e. The molecule has 1 aromatic carbocycles. The van der Waals surface area contributed by atoms with Crippen molar-refractivity contribution >= 4 is 5.91 Å². The van der Waals surface area contributed by atoms with Gasteiger partial charge in [-0.3, -0.25) is 4.79 Å². The number of nitrogens with zero attached hydrogens (tertiary/aromatic N) is 1. The van der Waals surface area contributed by atoms with Gasteiger partial charge in [-0.15, -0.1) is 0 Å². The summed E-state index contributed by atoms with van der Waals surface area (Å²) in [7, 11) is 0. The first-order valence-electron chi connectivity index (χ1n) is 8.17. The highest BCUT2D eigenvalue weighted by Crippen LogP contribution is 2.36. The fraction of sp³-hybridized carbons (Fsp3) is 0.611. The summed E-state index contributed by atoms with van der Waals surface area (Å²) in [6.07, 6.45) is 4.95. The lowest BCUT2D eigenvalue weighted by atomic mass is 10.1. The maximum absolute atomic E-state index is 12.6. The predicted molar refractivity (Wildman–Crippen MR) is 86.7 cm³/mol. The van der Waals surface area contributed by atoms with Gasteiger partial charge in [-0.1, -0.05) is 30.3 Å². The molecule has 2 rings (SSSR count). The van der Waals surface area contributed by atoms with E-state index in [1.165, 1.54) is 18.4 Å². The van der Waals surface area contributed by atoms with Gasteiger partial charge in [0.05, 0.1) is 0 Å². The van der Waals surface area contributed by atoms with Crippen LogP contribution in [0.15, 0.2) is 30.3 Å². The molecule has 2 N–H and O–H groups in total. The highest BCUT2D eigenvalue weighted by molar-refractivity contribution is 5.76. The summed E-state index contributed by atoms with van der Waals surface area (Å²) < 4.78 is 0. The minimum absolute atomic E-state index is 0.182. The Morgan fingerprint density at radius 2 is 1.95 bits per heavy atom. The Morgan fingerprint density at radius 3 is 2.52 bits per heavy atom. The molecule has 0 saturated heterocycles. The van der Waals surface area contributed by atoms with Crippen LogP contribution in [0.2, 0.25) is 0 Å². The summed E-state index contributed by atoms with van der Waals surface area (Å²) in [4.78, 5) is 14.7. The van der Waals surface area contributed by atoms with Crippen LogP contribution >= 0.6 is 0 Å². The molecule has 0 radical (unpaired) electrons. The molecule has 0 heterocycles. The van der Waals surface area contributed by atoms with Crippen LogP contribution in [0.25, 0.3) is 0 Å². The summed E-state index contributed by atoms with van der Waals surface area (Å²) in [5.74, 6) is 0.977. The van der Waals surface area contributed by atoms with Gasteiger partial charge in [0.2, 0.25) is 5.91 Å².